The number of carbonyl (C=O) groups is 1. The first-order valence-corrected chi connectivity index (χ1v) is 5.67. The highest BCUT2D eigenvalue weighted by molar-refractivity contribution is 8.13. The fourth-order valence-corrected chi connectivity index (χ4v) is 1.08. The zero-order valence-electron chi connectivity index (χ0n) is 8.03. The number of halogens is 1. The second-order valence-electron chi connectivity index (χ2n) is 2.60. The maximum atomic E-state index is 11.5. The van der Waals surface area contributed by atoms with Gasteiger partial charge < -0.3 is 5.73 Å². The Bertz CT molecular complexity index is 377. The van der Waals surface area contributed by atoms with Crippen molar-refractivity contribution in [3.8, 4) is 0 Å². The van der Waals surface area contributed by atoms with Crippen LogP contribution in [0.3, 0.4) is 0 Å². The molecule has 0 spiro atoms. The average Bonchev–Trinajstić information content (AvgIpc) is 2.26. The molecule has 0 unspecified atom stereocenters. The fraction of sp³-hybridized carbons (Fsp3) is 0.111. The number of carbonyl (C=O) groups excluding carboxylic acids is 1. The number of hydrogen-bond acceptors (Lipinski definition) is 3. The zero-order chi connectivity index (χ0) is 11.3. The van der Waals surface area contributed by atoms with E-state index in [9.17, 15) is 4.79 Å². The third-order valence-corrected chi connectivity index (χ3v) is 2.34. The summed E-state index contributed by atoms with van der Waals surface area (Å²) in [5.74, 6) is -0.316. The summed E-state index contributed by atoms with van der Waals surface area (Å²) in [6.07, 6.45) is 1.77. The Labute approximate surface area is 96.9 Å². The summed E-state index contributed by atoms with van der Waals surface area (Å²) in [7, 11) is 0. The van der Waals surface area contributed by atoms with Crippen LogP contribution in [0.25, 0.3) is 0 Å². The second kappa shape index (κ2) is 5.63. The van der Waals surface area contributed by atoms with Crippen molar-refractivity contribution < 1.29 is 4.79 Å². The minimum absolute atomic E-state index is 0.303. The number of benzene rings is 1. The van der Waals surface area contributed by atoms with E-state index < -0.39 is 0 Å². The van der Waals surface area contributed by atoms with E-state index in [1.165, 1.54) is 11.8 Å². The highest BCUT2D eigenvalue weighted by Gasteiger charge is 2.03. The van der Waals surface area contributed by atoms with Crippen LogP contribution >= 0.6 is 23.4 Å². The molecule has 0 aliphatic heterocycles. The molecule has 0 bridgehead atoms. The van der Waals surface area contributed by atoms with Crippen LogP contribution in [0.1, 0.15) is 10.4 Å². The lowest BCUT2D eigenvalue weighted by molar-refractivity contribution is 0.0955. The van der Waals surface area contributed by atoms with Crippen LogP contribution in [-0.2, 0) is 0 Å². The predicted molar refractivity (Wildman–Crippen MR) is 64.1 cm³/mol. The SMILES string of the molecule is CS/C(N)=N/NC(=O)c1ccc(Cl)cc1. The van der Waals surface area contributed by atoms with Crippen LogP contribution in [0, 0.1) is 0 Å². The Kier molecular flexibility index (Phi) is 4.45. The van der Waals surface area contributed by atoms with Crippen molar-refractivity contribution in [3.05, 3.63) is 34.9 Å². The molecule has 0 aliphatic rings. The van der Waals surface area contributed by atoms with Gasteiger partial charge in [-0.1, -0.05) is 23.4 Å². The molecule has 3 N–H and O–H groups in total. The molecule has 0 fully saturated rings. The predicted octanol–water partition coefficient (Wildman–Crippen LogP) is 1.66. The molecule has 1 aromatic carbocycles. The lowest BCUT2D eigenvalue weighted by Crippen LogP contribution is -2.21. The molecule has 0 saturated carbocycles. The fourth-order valence-electron chi connectivity index (χ4n) is 0.817. The quantitative estimate of drug-likeness (QED) is 0.472. The number of nitrogens with one attached hydrogen (secondary N) is 1. The number of nitrogens with zero attached hydrogens (tertiary/aromatic N) is 1. The summed E-state index contributed by atoms with van der Waals surface area (Å²) in [6.45, 7) is 0. The van der Waals surface area contributed by atoms with E-state index in [1.807, 2.05) is 0 Å². The Morgan fingerprint density at radius 1 is 1.47 bits per heavy atom. The topological polar surface area (TPSA) is 67.5 Å². The molecular weight excluding hydrogens is 234 g/mol. The number of nitrogens with two attached hydrogens (primary N) is 1. The maximum Gasteiger partial charge on any atom is 0.271 e. The molecule has 0 aromatic heterocycles. The van der Waals surface area contributed by atoms with Crippen molar-refractivity contribution >= 4 is 34.4 Å². The normalized spacial score (nSPS) is 11.2. The minimum Gasteiger partial charge on any atom is -0.377 e. The van der Waals surface area contributed by atoms with Crippen LogP contribution in [0.4, 0.5) is 0 Å². The van der Waals surface area contributed by atoms with Gasteiger partial charge in [0.1, 0.15) is 0 Å². The van der Waals surface area contributed by atoms with Gasteiger partial charge in [-0.2, -0.15) is 0 Å². The molecule has 0 atom stereocenters. The largest absolute Gasteiger partial charge is 0.377 e. The Morgan fingerprint density at radius 2 is 2.07 bits per heavy atom. The molecule has 80 valence electrons. The van der Waals surface area contributed by atoms with Gasteiger partial charge in [0.15, 0.2) is 5.17 Å². The Hall–Kier alpha value is -1.20. The third-order valence-electron chi connectivity index (χ3n) is 1.58. The maximum absolute atomic E-state index is 11.5. The molecule has 4 nitrogen and oxygen atoms in total. The Morgan fingerprint density at radius 3 is 2.60 bits per heavy atom. The van der Waals surface area contributed by atoms with Crippen molar-refractivity contribution in [2.45, 2.75) is 0 Å². The van der Waals surface area contributed by atoms with Crippen molar-refractivity contribution in [2.75, 3.05) is 6.26 Å². The first-order chi connectivity index (χ1) is 7.13. The summed E-state index contributed by atoms with van der Waals surface area (Å²) in [5.41, 5.74) is 8.21. The summed E-state index contributed by atoms with van der Waals surface area (Å²) >= 11 is 6.94. The molecule has 0 heterocycles. The van der Waals surface area contributed by atoms with E-state index >= 15 is 0 Å². The van der Waals surface area contributed by atoms with Crippen molar-refractivity contribution in [3.63, 3.8) is 0 Å². The summed E-state index contributed by atoms with van der Waals surface area (Å²) in [5, 5.41) is 4.55. The highest BCUT2D eigenvalue weighted by Crippen LogP contribution is 2.09. The first-order valence-electron chi connectivity index (χ1n) is 4.06. The number of rotatable bonds is 2. The standard InChI is InChI=1S/C9H10ClN3OS/c1-15-9(11)13-12-8(14)6-2-4-7(10)5-3-6/h2-5H,1H3,(H2,11,13)(H,12,14). The van der Waals surface area contributed by atoms with Crippen LogP contribution in [0.2, 0.25) is 5.02 Å². The summed E-state index contributed by atoms with van der Waals surface area (Å²) < 4.78 is 0. The number of amidine groups is 1. The van der Waals surface area contributed by atoms with Gasteiger partial charge in [-0.25, -0.2) is 5.43 Å². The lowest BCUT2D eigenvalue weighted by Gasteiger charge is -2.00. The second-order valence-corrected chi connectivity index (χ2v) is 3.86. The molecule has 15 heavy (non-hydrogen) atoms. The van der Waals surface area contributed by atoms with Gasteiger partial charge in [0, 0.05) is 10.6 Å². The molecule has 0 radical (unpaired) electrons. The van der Waals surface area contributed by atoms with Crippen molar-refractivity contribution in [1.29, 1.82) is 0 Å². The molecule has 1 rings (SSSR count). The highest BCUT2D eigenvalue weighted by atomic mass is 35.5. The van der Waals surface area contributed by atoms with E-state index in [0.717, 1.165) is 0 Å². The van der Waals surface area contributed by atoms with Gasteiger partial charge in [0.2, 0.25) is 0 Å². The van der Waals surface area contributed by atoms with E-state index in [-0.39, 0.29) is 5.91 Å². The van der Waals surface area contributed by atoms with Gasteiger partial charge in [0.25, 0.3) is 5.91 Å². The van der Waals surface area contributed by atoms with Gasteiger partial charge in [0.05, 0.1) is 0 Å². The first kappa shape index (κ1) is 11.9. The average molecular weight is 244 g/mol. The van der Waals surface area contributed by atoms with E-state index in [1.54, 1.807) is 30.5 Å². The van der Waals surface area contributed by atoms with E-state index in [4.69, 9.17) is 17.3 Å². The van der Waals surface area contributed by atoms with Crippen LogP contribution < -0.4 is 11.2 Å². The zero-order valence-corrected chi connectivity index (χ0v) is 9.60. The number of hydrogen-bond donors (Lipinski definition) is 2. The van der Waals surface area contributed by atoms with Crippen LogP contribution in [-0.4, -0.2) is 17.3 Å². The Balaban J connectivity index is 2.66. The molecule has 1 aromatic rings. The summed E-state index contributed by atoms with van der Waals surface area (Å²) in [4.78, 5) is 11.5. The minimum atomic E-state index is -0.316. The smallest absolute Gasteiger partial charge is 0.271 e. The molecular formula is C9H10ClN3OS. The van der Waals surface area contributed by atoms with Gasteiger partial charge in [-0.15, -0.1) is 5.10 Å². The van der Waals surface area contributed by atoms with Gasteiger partial charge >= 0.3 is 0 Å². The number of hydrazone groups is 1. The van der Waals surface area contributed by atoms with E-state index in [0.29, 0.717) is 15.8 Å². The van der Waals surface area contributed by atoms with Crippen molar-refractivity contribution in [1.82, 2.24) is 5.43 Å². The van der Waals surface area contributed by atoms with E-state index in [2.05, 4.69) is 10.5 Å². The number of thioether (sulfide) groups is 1. The van der Waals surface area contributed by atoms with Crippen LogP contribution in [0.5, 0.6) is 0 Å². The summed E-state index contributed by atoms with van der Waals surface area (Å²) in [6, 6.07) is 6.50. The molecule has 0 saturated heterocycles. The number of amides is 1. The van der Waals surface area contributed by atoms with Gasteiger partial charge in [-0.05, 0) is 30.5 Å². The molecule has 6 heteroatoms. The third kappa shape index (κ3) is 3.81. The lowest BCUT2D eigenvalue weighted by atomic mass is 10.2. The monoisotopic (exact) mass is 243 g/mol. The van der Waals surface area contributed by atoms with Crippen molar-refractivity contribution in [2.24, 2.45) is 10.8 Å². The molecule has 1 amide bonds. The molecule has 0 aliphatic carbocycles. The van der Waals surface area contributed by atoms with Crippen LogP contribution in [0.15, 0.2) is 29.4 Å². The van der Waals surface area contributed by atoms with Gasteiger partial charge in [-0.3, -0.25) is 4.79 Å².